The second kappa shape index (κ2) is 9.70. The summed E-state index contributed by atoms with van der Waals surface area (Å²) in [7, 11) is -3.46. The number of rotatable bonds is 8. The fraction of sp³-hybridized carbons (Fsp3) is 0.455. The number of carbonyl (C=O) groups excluding carboxylic acids is 2. The average Bonchev–Trinajstić information content (AvgIpc) is 3.50. The summed E-state index contributed by atoms with van der Waals surface area (Å²) in [5.41, 5.74) is 7.16. The van der Waals surface area contributed by atoms with Crippen LogP contribution in [0.1, 0.15) is 36.1 Å². The number of benzene rings is 1. The normalized spacial score (nSPS) is 19.9. The summed E-state index contributed by atoms with van der Waals surface area (Å²) in [6, 6.07) is 10.6. The zero-order valence-electron chi connectivity index (χ0n) is 17.8. The Morgan fingerprint density at radius 3 is 2.62 bits per heavy atom. The average molecular weight is 477 g/mol. The van der Waals surface area contributed by atoms with E-state index in [-0.39, 0.29) is 24.3 Å². The Labute approximate surface area is 192 Å². The molecule has 2 aliphatic rings. The third kappa shape index (κ3) is 5.20. The van der Waals surface area contributed by atoms with Crippen molar-refractivity contribution in [1.82, 2.24) is 9.21 Å². The summed E-state index contributed by atoms with van der Waals surface area (Å²) < 4.78 is 27.1. The van der Waals surface area contributed by atoms with Gasteiger partial charge in [0.1, 0.15) is 4.21 Å². The molecule has 0 bridgehead atoms. The van der Waals surface area contributed by atoms with E-state index >= 15 is 0 Å². The molecule has 0 aliphatic carbocycles. The van der Waals surface area contributed by atoms with Crippen LogP contribution in [-0.2, 0) is 32.6 Å². The van der Waals surface area contributed by atoms with Crippen molar-refractivity contribution in [2.45, 2.75) is 48.9 Å². The molecule has 172 valence electrons. The van der Waals surface area contributed by atoms with Crippen molar-refractivity contribution in [3.8, 4) is 0 Å². The molecule has 1 aromatic carbocycles. The van der Waals surface area contributed by atoms with Gasteiger partial charge in [-0.05, 0) is 62.1 Å². The summed E-state index contributed by atoms with van der Waals surface area (Å²) in [6.45, 7) is 2.54. The lowest BCUT2D eigenvalue weighted by Crippen LogP contribution is -2.39. The van der Waals surface area contributed by atoms with Crippen LogP contribution in [0.5, 0.6) is 0 Å². The smallest absolute Gasteiger partial charge is 0.252 e. The highest BCUT2D eigenvalue weighted by Crippen LogP contribution is 2.28. The Morgan fingerprint density at radius 1 is 1.09 bits per heavy atom. The first-order valence-electron chi connectivity index (χ1n) is 10.8. The molecule has 1 atom stereocenters. The molecule has 2 amide bonds. The van der Waals surface area contributed by atoms with E-state index in [1.807, 2.05) is 24.3 Å². The summed E-state index contributed by atoms with van der Waals surface area (Å²) in [6.07, 6.45) is 3.61. The lowest BCUT2D eigenvalue weighted by Gasteiger charge is -2.22. The number of primary amides is 1. The molecule has 3 N–H and O–H groups in total. The van der Waals surface area contributed by atoms with Crippen molar-refractivity contribution >= 4 is 38.9 Å². The van der Waals surface area contributed by atoms with Crippen molar-refractivity contribution < 1.29 is 18.0 Å². The van der Waals surface area contributed by atoms with Crippen molar-refractivity contribution in [3.63, 3.8) is 0 Å². The van der Waals surface area contributed by atoms with E-state index in [1.165, 1.54) is 4.31 Å². The number of nitrogens with zero attached hydrogens (tertiary/aromatic N) is 2. The van der Waals surface area contributed by atoms with Crippen LogP contribution in [0.2, 0.25) is 0 Å². The highest BCUT2D eigenvalue weighted by Gasteiger charge is 2.29. The van der Waals surface area contributed by atoms with Crippen LogP contribution in [0, 0.1) is 0 Å². The van der Waals surface area contributed by atoms with Crippen molar-refractivity contribution in [2.75, 3.05) is 25.0 Å². The van der Waals surface area contributed by atoms with Crippen molar-refractivity contribution in [2.24, 2.45) is 5.73 Å². The number of likely N-dealkylation sites (tertiary alicyclic amines) is 1. The predicted molar refractivity (Wildman–Crippen MR) is 124 cm³/mol. The summed E-state index contributed by atoms with van der Waals surface area (Å²) in [4.78, 5) is 26.9. The van der Waals surface area contributed by atoms with E-state index in [0.29, 0.717) is 34.4 Å². The molecule has 10 heteroatoms. The van der Waals surface area contributed by atoms with Crippen LogP contribution in [-0.4, -0.2) is 55.1 Å². The maximum absolute atomic E-state index is 12.7. The Hall–Kier alpha value is -2.27. The molecule has 2 saturated heterocycles. The molecule has 32 heavy (non-hydrogen) atoms. The Morgan fingerprint density at radius 2 is 1.88 bits per heavy atom. The SMILES string of the molecule is NC(=O)C1CCCN1Cc1cccc(NC(=O)Cc2ccc(S(=O)(=O)N3CCCC3)s2)c1. The van der Waals surface area contributed by atoms with Gasteiger partial charge >= 0.3 is 0 Å². The molecule has 2 fully saturated rings. The second-order valence-electron chi connectivity index (χ2n) is 8.29. The number of nitrogens with one attached hydrogen (secondary N) is 1. The van der Waals surface area contributed by atoms with E-state index in [0.717, 1.165) is 49.1 Å². The molecule has 3 heterocycles. The van der Waals surface area contributed by atoms with Gasteiger partial charge in [-0.1, -0.05) is 12.1 Å². The number of anilines is 1. The number of nitrogens with two attached hydrogens (primary N) is 1. The van der Waals surface area contributed by atoms with Gasteiger partial charge in [-0.3, -0.25) is 14.5 Å². The van der Waals surface area contributed by atoms with Gasteiger partial charge < -0.3 is 11.1 Å². The van der Waals surface area contributed by atoms with E-state index < -0.39 is 10.0 Å². The van der Waals surface area contributed by atoms with E-state index in [9.17, 15) is 18.0 Å². The maximum atomic E-state index is 12.7. The first-order valence-corrected chi connectivity index (χ1v) is 13.1. The Balaban J connectivity index is 1.36. The Kier molecular flexibility index (Phi) is 6.94. The highest BCUT2D eigenvalue weighted by molar-refractivity contribution is 7.91. The third-order valence-corrected chi connectivity index (χ3v) is 9.37. The van der Waals surface area contributed by atoms with E-state index in [2.05, 4.69) is 10.2 Å². The molecule has 0 saturated carbocycles. The zero-order valence-corrected chi connectivity index (χ0v) is 19.5. The summed E-state index contributed by atoms with van der Waals surface area (Å²) in [5.74, 6) is -0.501. The number of hydrogen-bond acceptors (Lipinski definition) is 6. The second-order valence-corrected chi connectivity index (χ2v) is 11.6. The molecule has 0 spiro atoms. The van der Waals surface area contributed by atoms with Crippen LogP contribution in [0.3, 0.4) is 0 Å². The van der Waals surface area contributed by atoms with E-state index in [4.69, 9.17) is 5.73 Å². The number of hydrogen-bond donors (Lipinski definition) is 2. The topological polar surface area (TPSA) is 113 Å². The molecular formula is C22H28N4O4S2. The van der Waals surface area contributed by atoms with Crippen molar-refractivity contribution in [1.29, 1.82) is 0 Å². The van der Waals surface area contributed by atoms with Gasteiger partial charge in [0.05, 0.1) is 12.5 Å². The summed E-state index contributed by atoms with van der Waals surface area (Å²) >= 11 is 1.15. The molecule has 1 aromatic heterocycles. The van der Waals surface area contributed by atoms with Crippen LogP contribution in [0.4, 0.5) is 5.69 Å². The minimum atomic E-state index is -3.46. The lowest BCUT2D eigenvalue weighted by molar-refractivity contribution is -0.122. The van der Waals surface area contributed by atoms with Crippen molar-refractivity contribution in [3.05, 3.63) is 46.8 Å². The largest absolute Gasteiger partial charge is 0.368 e. The van der Waals surface area contributed by atoms with Gasteiger partial charge in [0.25, 0.3) is 10.0 Å². The molecule has 0 radical (unpaired) electrons. The van der Waals surface area contributed by atoms with Gasteiger partial charge in [0.15, 0.2) is 0 Å². The molecule has 4 rings (SSSR count). The highest BCUT2D eigenvalue weighted by atomic mass is 32.2. The quantitative estimate of drug-likeness (QED) is 0.606. The van der Waals surface area contributed by atoms with Crippen LogP contribution in [0.25, 0.3) is 0 Å². The predicted octanol–water partition coefficient (Wildman–Crippen LogP) is 2.16. The fourth-order valence-electron chi connectivity index (χ4n) is 4.33. The fourth-order valence-corrected chi connectivity index (χ4v) is 7.36. The first kappa shape index (κ1) is 22.9. The standard InChI is InChI=1S/C22H28N4O4S2/c23-22(28)19-7-4-10-25(19)15-16-5-3-6-17(13-16)24-20(27)14-18-8-9-21(31-18)32(29,30)26-11-1-2-12-26/h3,5-6,8-9,13,19H,1-2,4,7,10-12,14-15H2,(H2,23,28)(H,24,27). The van der Waals surface area contributed by atoms with E-state index in [1.54, 1.807) is 12.1 Å². The molecule has 2 aliphatic heterocycles. The first-order chi connectivity index (χ1) is 15.3. The molecule has 2 aromatic rings. The van der Waals surface area contributed by atoms with Crippen LogP contribution >= 0.6 is 11.3 Å². The van der Waals surface area contributed by atoms with Gasteiger partial charge in [-0.25, -0.2) is 8.42 Å². The van der Waals surface area contributed by atoms with Gasteiger partial charge in [0, 0.05) is 30.2 Å². The van der Waals surface area contributed by atoms with Gasteiger partial charge in [-0.2, -0.15) is 4.31 Å². The number of amides is 2. The molecule has 1 unspecified atom stereocenters. The minimum absolute atomic E-state index is 0.111. The maximum Gasteiger partial charge on any atom is 0.252 e. The monoisotopic (exact) mass is 476 g/mol. The Bertz CT molecular complexity index is 1090. The number of carbonyl (C=O) groups is 2. The number of sulfonamides is 1. The van der Waals surface area contributed by atoms with Gasteiger partial charge in [-0.15, -0.1) is 11.3 Å². The van der Waals surface area contributed by atoms with Gasteiger partial charge in [0.2, 0.25) is 11.8 Å². The molecular weight excluding hydrogens is 448 g/mol. The van der Waals surface area contributed by atoms with Crippen LogP contribution in [0.15, 0.2) is 40.6 Å². The third-order valence-electron chi connectivity index (χ3n) is 5.92. The summed E-state index contributed by atoms with van der Waals surface area (Å²) in [5, 5.41) is 2.89. The van der Waals surface area contributed by atoms with Crippen LogP contribution < -0.4 is 11.1 Å². The minimum Gasteiger partial charge on any atom is -0.368 e. The zero-order chi connectivity index (χ0) is 22.7. The molecule has 8 nitrogen and oxygen atoms in total. The lowest BCUT2D eigenvalue weighted by atomic mass is 10.1. The number of thiophene rings is 1.